The quantitative estimate of drug-likeness (QED) is 0.697. The zero-order valence-electron chi connectivity index (χ0n) is 13.2. The average Bonchev–Trinajstić information content (AvgIpc) is 2.62. The Morgan fingerprint density at radius 2 is 1.38 bits per heavy atom. The van der Waals surface area contributed by atoms with Gasteiger partial charge in [-0.2, -0.15) is 0 Å². The first-order valence-corrected chi connectivity index (χ1v) is 8.05. The largest absolute Gasteiger partial charge is 0.373 e. The summed E-state index contributed by atoms with van der Waals surface area (Å²) in [7, 11) is 0. The Kier molecular flexibility index (Phi) is 4.52. The molecule has 1 atom stereocenters. The lowest BCUT2D eigenvalue weighted by Gasteiger charge is -2.28. The minimum atomic E-state index is -1.77. The van der Waals surface area contributed by atoms with E-state index in [-0.39, 0.29) is 5.78 Å². The van der Waals surface area contributed by atoms with Gasteiger partial charge in [0, 0.05) is 10.6 Å². The van der Waals surface area contributed by atoms with E-state index >= 15 is 0 Å². The fourth-order valence-electron chi connectivity index (χ4n) is 2.82. The second kappa shape index (κ2) is 6.60. The molecular weight excluding hydrogens is 320 g/mol. The predicted molar refractivity (Wildman–Crippen MR) is 96.4 cm³/mol. The first-order chi connectivity index (χ1) is 11.5. The maximum Gasteiger partial charge on any atom is 0.203 e. The molecule has 0 fully saturated rings. The van der Waals surface area contributed by atoms with Crippen molar-refractivity contribution in [3.8, 4) is 0 Å². The van der Waals surface area contributed by atoms with Crippen molar-refractivity contribution in [2.24, 2.45) is 0 Å². The Morgan fingerprint density at radius 3 is 2.00 bits per heavy atom. The van der Waals surface area contributed by atoms with Gasteiger partial charge < -0.3 is 5.11 Å². The summed E-state index contributed by atoms with van der Waals surface area (Å²) in [4.78, 5) is 13.3. The fourth-order valence-corrected chi connectivity index (χ4v) is 2.95. The van der Waals surface area contributed by atoms with Crippen molar-refractivity contribution in [2.75, 3.05) is 0 Å². The normalized spacial score (nSPS) is 13.3. The van der Waals surface area contributed by atoms with Gasteiger partial charge in [0.25, 0.3) is 0 Å². The summed E-state index contributed by atoms with van der Waals surface area (Å²) >= 11 is 5.96. The number of carbonyl (C=O) groups excluding carboxylic acids is 1. The van der Waals surface area contributed by atoms with Gasteiger partial charge >= 0.3 is 0 Å². The summed E-state index contributed by atoms with van der Waals surface area (Å²) < 4.78 is 0. The molecule has 0 heterocycles. The van der Waals surface area contributed by atoms with Crippen LogP contribution in [0.5, 0.6) is 0 Å². The summed E-state index contributed by atoms with van der Waals surface area (Å²) in [6, 6.07) is 23.0. The van der Waals surface area contributed by atoms with E-state index in [1.165, 1.54) is 0 Å². The molecule has 0 aliphatic carbocycles. The third-order valence-electron chi connectivity index (χ3n) is 4.17. The van der Waals surface area contributed by atoms with E-state index in [9.17, 15) is 9.90 Å². The van der Waals surface area contributed by atoms with Gasteiger partial charge in [-0.1, -0.05) is 78.3 Å². The van der Waals surface area contributed by atoms with E-state index in [0.29, 0.717) is 21.7 Å². The van der Waals surface area contributed by atoms with Gasteiger partial charge in [0.15, 0.2) is 5.60 Å². The van der Waals surface area contributed by atoms with Crippen LogP contribution in [0.25, 0.3) is 0 Å². The van der Waals surface area contributed by atoms with Gasteiger partial charge in [-0.15, -0.1) is 0 Å². The molecular formula is C21H17ClO2. The third kappa shape index (κ3) is 2.86. The van der Waals surface area contributed by atoms with Gasteiger partial charge in [-0.25, -0.2) is 0 Å². The molecule has 3 aromatic rings. The van der Waals surface area contributed by atoms with Crippen LogP contribution in [-0.4, -0.2) is 10.9 Å². The smallest absolute Gasteiger partial charge is 0.203 e. The summed E-state index contributed by atoms with van der Waals surface area (Å²) in [6.07, 6.45) is 0. The summed E-state index contributed by atoms with van der Waals surface area (Å²) in [6.45, 7) is 1.86. The average molecular weight is 337 g/mol. The van der Waals surface area contributed by atoms with Crippen molar-refractivity contribution in [1.29, 1.82) is 0 Å². The van der Waals surface area contributed by atoms with E-state index in [2.05, 4.69) is 0 Å². The minimum absolute atomic E-state index is 0.353. The molecule has 0 aliphatic heterocycles. The molecule has 0 aliphatic rings. The highest BCUT2D eigenvalue weighted by Gasteiger charge is 2.40. The maximum atomic E-state index is 13.3. The summed E-state index contributed by atoms with van der Waals surface area (Å²) in [5, 5.41) is 12.1. The molecule has 2 nitrogen and oxygen atoms in total. The van der Waals surface area contributed by atoms with Crippen LogP contribution in [0.15, 0.2) is 78.9 Å². The Labute approximate surface area is 146 Å². The second-order valence-corrected chi connectivity index (χ2v) is 6.16. The Morgan fingerprint density at radius 1 is 0.833 bits per heavy atom. The van der Waals surface area contributed by atoms with E-state index < -0.39 is 5.60 Å². The van der Waals surface area contributed by atoms with E-state index in [1.54, 1.807) is 60.7 Å². The molecule has 1 N–H and O–H groups in total. The number of rotatable bonds is 4. The molecule has 0 bridgehead atoms. The van der Waals surface area contributed by atoms with Crippen LogP contribution in [-0.2, 0) is 5.60 Å². The van der Waals surface area contributed by atoms with Crippen molar-refractivity contribution in [2.45, 2.75) is 12.5 Å². The molecule has 0 amide bonds. The van der Waals surface area contributed by atoms with Crippen LogP contribution in [0, 0.1) is 6.92 Å². The Hall–Kier alpha value is -2.42. The van der Waals surface area contributed by atoms with Crippen molar-refractivity contribution < 1.29 is 9.90 Å². The lowest BCUT2D eigenvalue weighted by atomic mass is 9.79. The van der Waals surface area contributed by atoms with Gasteiger partial charge in [0.05, 0.1) is 0 Å². The first-order valence-electron chi connectivity index (χ1n) is 7.68. The standard InChI is InChI=1S/C21H17ClO2/c1-15-7-5-6-10-19(15)20(23)21(24,16-8-3-2-4-9-16)17-11-13-18(22)14-12-17/h2-14,24H,1H3. The minimum Gasteiger partial charge on any atom is -0.373 e. The Bertz CT molecular complexity index is 857. The van der Waals surface area contributed by atoms with E-state index in [1.807, 2.05) is 25.1 Å². The number of aliphatic hydroxyl groups is 1. The van der Waals surface area contributed by atoms with Gasteiger partial charge in [-0.3, -0.25) is 4.79 Å². The second-order valence-electron chi connectivity index (χ2n) is 5.73. The SMILES string of the molecule is Cc1ccccc1C(=O)C(O)(c1ccccc1)c1ccc(Cl)cc1. The molecule has 3 rings (SSSR count). The highest BCUT2D eigenvalue weighted by Crippen LogP contribution is 2.34. The van der Waals surface area contributed by atoms with Crippen molar-refractivity contribution in [3.05, 3.63) is 106 Å². The molecule has 0 spiro atoms. The first kappa shape index (κ1) is 16.4. The number of hydrogen-bond donors (Lipinski definition) is 1. The summed E-state index contributed by atoms with van der Waals surface area (Å²) in [5.74, 6) is -0.353. The number of hydrogen-bond acceptors (Lipinski definition) is 2. The van der Waals surface area contributed by atoms with Crippen LogP contribution in [0.2, 0.25) is 5.02 Å². The molecule has 0 saturated carbocycles. The number of aryl methyl sites for hydroxylation is 1. The van der Waals surface area contributed by atoms with Crippen molar-refractivity contribution in [3.63, 3.8) is 0 Å². The lowest BCUT2D eigenvalue weighted by Crippen LogP contribution is -2.37. The zero-order valence-corrected chi connectivity index (χ0v) is 14.0. The van der Waals surface area contributed by atoms with Gasteiger partial charge in [0.1, 0.15) is 0 Å². The molecule has 3 heteroatoms. The van der Waals surface area contributed by atoms with Crippen LogP contribution >= 0.6 is 11.6 Å². The van der Waals surface area contributed by atoms with Crippen molar-refractivity contribution >= 4 is 17.4 Å². The van der Waals surface area contributed by atoms with Crippen LogP contribution < -0.4 is 0 Å². The monoisotopic (exact) mass is 336 g/mol. The van der Waals surface area contributed by atoms with Crippen molar-refractivity contribution in [1.82, 2.24) is 0 Å². The highest BCUT2D eigenvalue weighted by molar-refractivity contribution is 6.30. The molecule has 1 unspecified atom stereocenters. The van der Waals surface area contributed by atoms with Gasteiger partial charge in [0.2, 0.25) is 5.78 Å². The molecule has 0 aromatic heterocycles. The van der Waals surface area contributed by atoms with E-state index in [0.717, 1.165) is 5.56 Å². The van der Waals surface area contributed by atoms with Crippen LogP contribution in [0.4, 0.5) is 0 Å². The van der Waals surface area contributed by atoms with Gasteiger partial charge in [-0.05, 0) is 35.7 Å². The Balaban J connectivity index is 2.21. The molecule has 0 radical (unpaired) electrons. The lowest BCUT2D eigenvalue weighted by molar-refractivity contribution is 0.0487. The van der Waals surface area contributed by atoms with E-state index in [4.69, 9.17) is 11.6 Å². The summed E-state index contributed by atoms with van der Waals surface area (Å²) in [5.41, 5.74) is 0.578. The van der Waals surface area contributed by atoms with Crippen LogP contribution in [0.1, 0.15) is 27.0 Å². The molecule has 24 heavy (non-hydrogen) atoms. The molecule has 120 valence electrons. The number of benzene rings is 3. The maximum absolute atomic E-state index is 13.3. The molecule has 3 aromatic carbocycles. The fraction of sp³-hybridized carbons (Fsp3) is 0.0952. The predicted octanol–water partition coefficient (Wildman–Crippen LogP) is 4.77. The zero-order chi connectivity index (χ0) is 17.2. The number of Topliss-reactive ketones (excluding diaryl/α,β-unsaturated/α-hetero) is 1. The highest BCUT2D eigenvalue weighted by atomic mass is 35.5. The molecule has 0 saturated heterocycles. The number of halogens is 1. The van der Waals surface area contributed by atoms with Crippen LogP contribution in [0.3, 0.4) is 0 Å². The topological polar surface area (TPSA) is 37.3 Å². The number of carbonyl (C=O) groups is 1. The third-order valence-corrected chi connectivity index (χ3v) is 4.42. The number of ketones is 1.